The van der Waals surface area contributed by atoms with Crippen LogP contribution in [0.4, 0.5) is 26.3 Å². The molecule has 0 bridgehead atoms. The van der Waals surface area contributed by atoms with Crippen molar-refractivity contribution in [1.82, 2.24) is 4.98 Å². The SMILES string of the molecule is FC(F)(F)c1cc(C(F)(F)F)c2c(n1)sc1ccccc12. The summed E-state index contributed by atoms with van der Waals surface area (Å²) < 4.78 is 77.9. The summed E-state index contributed by atoms with van der Waals surface area (Å²) in [5.74, 6) is 0. The van der Waals surface area contributed by atoms with E-state index in [0.29, 0.717) is 4.70 Å². The minimum absolute atomic E-state index is 0.0709. The second-order valence-corrected chi connectivity index (χ2v) is 5.36. The van der Waals surface area contributed by atoms with Crippen LogP contribution in [0.15, 0.2) is 30.3 Å². The molecule has 110 valence electrons. The first kappa shape index (κ1) is 14.1. The van der Waals surface area contributed by atoms with Gasteiger partial charge in [-0.1, -0.05) is 18.2 Å². The normalized spacial score (nSPS) is 13.2. The molecule has 0 radical (unpaired) electrons. The van der Waals surface area contributed by atoms with Crippen molar-refractivity contribution in [2.45, 2.75) is 12.4 Å². The van der Waals surface area contributed by atoms with E-state index < -0.39 is 23.6 Å². The molecular weight excluding hydrogens is 316 g/mol. The number of aromatic nitrogens is 1. The number of halogens is 6. The minimum atomic E-state index is -4.93. The molecule has 0 spiro atoms. The predicted octanol–water partition coefficient (Wildman–Crippen LogP) is 5.49. The molecule has 0 N–H and O–H groups in total. The Labute approximate surface area is 117 Å². The van der Waals surface area contributed by atoms with Crippen LogP contribution in [-0.2, 0) is 12.4 Å². The largest absolute Gasteiger partial charge is 0.433 e. The van der Waals surface area contributed by atoms with Crippen LogP contribution in [0.25, 0.3) is 20.3 Å². The van der Waals surface area contributed by atoms with E-state index >= 15 is 0 Å². The zero-order valence-electron chi connectivity index (χ0n) is 10.0. The number of rotatable bonds is 0. The third-order valence-electron chi connectivity index (χ3n) is 2.95. The van der Waals surface area contributed by atoms with Crippen LogP contribution < -0.4 is 0 Å². The summed E-state index contributed by atoms with van der Waals surface area (Å²) in [5.41, 5.74) is -2.84. The van der Waals surface area contributed by atoms with Crippen molar-refractivity contribution in [1.29, 1.82) is 0 Å². The molecule has 21 heavy (non-hydrogen) atoms. The molecule has 0 fully saturated rings. The van der Waals surface area contributed by atoms with E-state index in [4.69, 9.17) is 0 Å². The molecule has 1 nitrogen and oxygen atoms in total. The molecule has 2 aromatic heterocycles. The highest BCUT2D eigenvalue weighted by Crippen LogP contribution is 2.43. The van der Waals surface area contributed by atoms with Gasteiger partial charge in [-0.25, -0.2) is 4.98 Å². The Morgan fingerprint density at radius 1 is 0.905 bits per heavy atom. The summed E-state index contributed by atoms with van der Waals surface area (Å²) in [6.07, 6.45) is -9.81. The van der Waals surface area contributed by atoms with Crippen LogP contribution in [0.5, 0.6) is 0 Å². The van der Waals surface area contributed by atoms with Crippen LogP contribution in [-0.4, -0.2) is 4.98 Å². The Morgan fingerprint density at radius 3 is 2.19 bits per heavy atom. The standard InChI is InChI=1S/C13H5F6NS/c14-12(15,16)7-5-9(13(17,18)19)20-11-10(7)6-3-1-2-4-8(6)21-11/h1-5H. The summed E-state index contributed by atoms with van der Waals surface area (Å²) in [5, 5.41) is -0.0258. The third-order valence-corrected chi connectivity index (χ3v) is 4.01. The van der Waals surface area contributed by atoms with E-state index in [9.17, 15) is 26.3 Å². The minimum Gasteiger partial charge on any atom is -0.232 e. The number of nitrogens with zero attached hydrogens (tertiary/aromatic N) is 1. The van der Waals surface area contributed by atoms with E-state index in [0.717, 1.165) is 11.3 Å². The predicted molar refractivity (Wildman–Crippen MR) is 67.1 cm³/mol. The smallest absolute Gasteiger partial charge is 0.232 e. The number of fused-ring (bicyclic) bond motifs is 3. The highest BCUT2D eigenvalue weighted by Gasteiger charge is 2.40. The molecule has 0 aliphatic heterocycles. The Kier molecular flexibility index (Phi) is 2.91. The number of pyridine rings is 1. The molecule has 0 saturated heterocycles. The zero-order chi connectivity index (χ0) is 15.4. The zero-order valence-corrected chi connectivity index (χ0v) is 10.8. The molecule has 8 heteroatoms. The number of benzene rings is 1. The highest BCUT2D eigenvalue weighted by atomic mass is 32.1. The van der Waals surface area contributed by atoms with E-state index in [2.05, 4.69) is 4.98 Å². The van der Waals surface area contributed by atoms with Crippen molar-refractivity contribution < 1.29 is 26.3 Å². The monoisotopic (exact) mass is 321 g/mol. The van der Waals surface area contributed by atoms with Gasteiger partial charge in [-0.3, -0.25) is 0 Å². The summed E-state index contributed by atoms with van der Waals surface area (Å²) in [4.78, 5) is 3.09. The maximum atomic E-state index is 13.1. The lowest BCUT2D eigenvalue weighted by Gasteiger charge is -2.12. The molecule has 0 amide bonds. The number of hydrogen-bond acceptors (Lipinski definition) is 2. The first-order valence-electron chi connectivity index (χ1n) is 5.64. The van der Waals surface area contributed by atoms with Crippen LogP contribution in [0.1, 0.15) is 11.3 Å². The highest BCUT2D eigenvalue weighted by molar-refractivity contribution is 7.25. The first-order valence-corrected chi connectivity index (χ1v) is 6.46. The van der Waals surface area contributed by atoms with Crippen molar-refractivity contribution in [2.75, 3.05) is 0 Å². The molecule has 0 unspecified atom stereocenters. The van der Waals surface area contributed by atoms with Crippen LogP contribution in [0, 0.1) is 0 Å². The van der Waals surface area contributed by atoms with Gasteiger partial charge in [0, 0.05) is 15.5 Å². The number of thiophene rings is 1. The second kappa shape index (κ2) is 4.33. The summed E-state index contributed by atoms with van der Waals surface area (Å²) >= 11 is 0.811. The summed E-state index contributed by atoms with van der Waals surface area (Å²) in [6.45, 7) is 0. The number of hydrogen-bond donors (Lipinski definition) is 0. The Morgan fingerprint density at radius 2 is 1.57 bits per heavy atom. The summed E-state index contributed by atoms with van der Waals surface area (Å²) in [7, 11) is 0. The fourth-order valence-electron chi connectivity index (χ4n) is 2.09. The van der Waals surface area contributed by atoms with Gasteiger partial charge in [-0.2, -0.15) is 26.3 Å². The summed E-state index contributed by atoms with van der Waals surface area (Å²) in [6, 6.07) is 6.21. The molecule has 0 atom stereocenters. The van der Waals surface area contributed by atoms with Gasteiger partial charge in [0.25, 0.3) is 0 Å². The van der Waals surface area contributed by atoms with Gasteiger partial charge < -0.3 is 0 Å². The third kappa shape index (κ3) is 2.33. The molecule has 0 aliphatic carbocycles. The number of alkyl halides is 6. The van der Waals surface area contributed by atoms with Gasteiger partial charge >= 0.3 is 12.4 Å². The van der Waals surface area contributed by atoms with Gasteiger partial charge in [0.2, 0.25) is 0 Å². The molecule has 0 saturated carbocycles. The van der Waals surface area contributed by atoms with Gasteiger partial charge in [-0.05, 0) is 12.1 Å². The molecule has 1 aromatic carbocycles. The second-order valence-electron chi connectivity index (χ2n) is 4.33. The average Bonchev–Trinajstić information content (AvgIpc) is 2.73. The lowest BCUT2D eigenvalue weighted by Crippen LogP contribution is -2.13. The lowest BCUT2D eigenvalue weighted by atomic mass is 10.1. The van der Waals surface area contributed by atoms with Gasteiger partial charge in [-0.15, -0.1) is 11.3 Å². The maximum Gasteiger partial charge on any atom is 0.433 e. The molecule has 3 rings (SSSR count). The van der Waals surface area contributed by atoms with E-state index in [1.54, 1.807) is 12.1 Å². The van der Waals surface area contributed by atoms with E-state index in [-0.39, 0.29) is 21.7 Å². The Balaban J connectivity index is 2.48. The van der Waals surface area contributed by atoms with Crippen molar-refractivity contribution in [3.05, 3.63) is 41.6 Å². The van der Waals surface area contributed by atoms with Crippen molar-refractivity contribution in [3.8, 4) is 0 Å². The maximum absolute atomic E-state index is 13.1. The quantitative estimate of drug-likeness (QED) is 0.499. The van der Waals surface area contributed by atoms with Crippen LogP contribution in [0.3, 0.4) is 0 Å². The van der Waals surface area contributed by atoms with E-state index in [1.807, 2.05) is 0 Å². The van der Waals surface area contributed by atoms with Crippen molar-refractivity contribution in [2.24, 2.45) is 0 Å². The Bertz CT molecular complexity index is 830. The molecule has 2 heterocycles. The molecule has 3 aromatic rings. The van der Waals surface area contributed by atoms with Crippen molar-refractivity contribution in [3.63, 3.8) is 0 Å². The van der Waals surface area contributed by atoms with Gasteiger partial charge in [0.05, 0.1) is 5.56 Å². The topological polar surface area (TPSA) is 12.9 Å². The Hall–Kier alpha value is -1.83. The van der Waals surface area contributed by atoms with Gasteiger partial charge in [0.1, 0.15) is 10.5 Å². The fourth-order valence-corrected chi connectivity index (χ4v) is 3.19. The first-order chi connectivity index (χ1) is 9.68. The van der Waals surface area contributed by atoms with Crippen LogP contribution >= 0.6 is 11.3 Å². The van der Waals surface area contributed by atoms with Crippen molar-refractivity contribution >= 4 is 31.6 Å². The van der Waals surface area contributed by atoms with E-state index in [1.165, 1.54) is 12.1 Å². The van der Waals surface area contributed by atoms with Crippen LogP contribution in [0.2, 0.25) is 0 Å². The lowest BCUT2D eigenvalue weighted by molar-refractivity contribution is -0.144. The molecule has 0 aliphatic rings. The molecular formula is C13H5F6NS. The average molecular weight is 321 g/mol. The van der Waals surface area contributed by atoms with Gasteiger partial charge in [0.15, 0.2) is 0 Å². The fraction of sp³-hybridized carbons (Fsp3) is 0.154.